The lowest BCUT2D eigenvalue weighted by molar-refractivity contribution is 0.208. The fraction of sp³-hybridized carbons (Fsp3) is 0.263. The topological polar surface area (TPSA) is 64.2 Å². The number of nitrogens with zero attached hydrogens (tertiary/aromatic N) is 1. The van der Waals surface area contributed by atoms with Crippen LogP contribution in [0.1, 0.15) is 20.3 Å². The van der Waals surface area contributed by atoms with E-state index in [0.717, 1.165) is 6.42 Å². The molecule has 0 fully saturated rings. The van der Waals surface area contributed by atoms with Gasteiger partial charge in [0.05, 0.1) is 29.1 Å². The van der Waals surface area contributed by atoms with E-state index in [1.807, 2.05) is 19.9 Å². The van der Waals surface area contributed by atoms with E-state index in [4.69, 9.17) is 21.1 Å². The monoisotopic (exact) mass is 358 g/mol. The van der Waals surface area contributed by atoms with Crippen molar-refractivity contribution in [2.24, 2.45) is 0 Å². The highest BCUT2D eigenvalue weighted by Gasteiger charge is 2.16. The predicted octanol–water partition coefficient (Wildman–Crippen LogP) is 4.43. The van der Waals surface area contributed by atoms with Crippen molar-refractivity contribution in [3.05, 3.63) is 51.8 Å². The SMILES string of the molecule is CCC(C)Oc1c(Cl)cc(-c2nc3ccccc3c(=O)[nH]2)cc1OC. The Labute approximate surface area is 150 Å². The molecule has 1 unspecified atom stereocenters. The molecule has 25 heavy (non-hydrogen) atoms. The van der Waals surface area contributed by atoms with Crippen molar-refractivity contribution < 1.29 is 9.47 Å². The minimum Gasteiger partial charge on any atom is -0.493 e. The van der Waals surface area contributed by atoms with Crippen molar-refractivity contribution in [1.82, 2.24) is 9.97 Å². The Morgan fingerprint density at radius 2 is 2.04 bits per heavy atom. The minimum absolute atomic E-state index is 0.0100. The number of methoxy groups -OCH3 is 1. The zero-order valence-electron chi connectivity index (χ0n) is 14.3. The van der Waals surface area contributed by atoms with Crippen LogP contribution < -0.4 is 15.0 Å². The molecule has 0 aliphatic carbocycles. The van der Waals surface area contributed by atoms with Crippen LogP contribution in [0.25, 0.3) is 22.3 Å². The quantitative estimate of drug-likeness (QED) is 0.732. The van der Waals surface area contributed by atoms with Crippen LogP contribution in [0.2, 0.25) is 5.02 Å². The second-order valence-corrected chi connectivity index (χ2v) is 6.17. The van der Waals surface area contributed by atoms with Gasteiger partial charge in [0, 0.05) is 5.56 Å². The first-order valence-electron chi connectivity index (χ1n) is 8.07. The van der Waals surface area contributed by atoms with Crippen molar-refractivity contribution in [1.29, 1.82) is 0 Å². The molecule has 1 N–H and O–H groups in total. The number of hydrogen-bond acceptors (Lipinski definition) is 4. The molecule has 0 bridgehead atoms. The van der Waals surface area contributed by atoms with Gasteiger partial charge in [-0.2, -0.15) is 0 Å². The van der Waals surface area contributed by atoms with Crippen LogP contribution >= 0.6 is 11.6 Å². The van der Waals surface area contributed by atoms with E-state index in [2.05, 4.69) is 9.97 Å². The van der Waals surface area contributed by atoms with Crippen LogP contribution in [-0.4, -0.2) is 23.2 Å². The van der Waals surface area contributed by atoms with Gasteiger partial charge in [-0.3, -0.25) is 4.79 Å². The molecule has 0 aliphatic heterocycles. The summed E-state index contributed by atoms with van der Waals surface area (Å²) in [5.74, 6) is 1.42. The zero-order valence-corrected chi connectivity index (χ0v) is 15.1. The van der Waals surface area contributed by atoms with Crippen LogP contribution in [0.15, 0.2) is 41.2 Å². The van der Waals surface area contributed by atoms with E-state index in [1.54, 1.807) is 37.4 Å². The molecular formula is C19H19ClN2O3. The highest BCUT2D eigenvalue weighted by molar-refractivity contribution is 6.32. The number of H-pyrrole nitrogens is 1. The van der Waals surface area contributed by atoms with E-state index in [1.165, 1.54) is 0 Å². The van der Waals surface area contributed by atoms with Crippen molar-refractivity contribution >= 4 is 22.5 Å². The number of fused-ring (bicyclic) bond motifs is 1. The third-order valence-corrected chi connectivity index (χ3v) is 4.29. The molecule has 0 saturated heterocycles. The average molecular weight is 359 g/mol. The Balaban J connectivity index is 2.12. The van der Waals surface area contributed by atoms with Gasteiger partial charge in [-0.1, -0.05) is 30.7 Å². The highest BCUT2D eigenvalue weighted by Crippen LogP contribution is 2.39. The van der Waals surface area contributed by atoms with E-state index in [9.17, 15) is 4.79 Å². The predicted molar refractivity (Wildman–Crippen MR) is 99.7 cm³/mol. The van der Waals surface area contributed by atoms with Crippen LogP contribution in [0.4, 0.5) is 0 Å². The molecule has 1 heterocycles. The molecule has 0 radical (unpaired) electrons. The molecule has 0 amide bonds. The van der Waals surface area contributed by atoms with Gasteiger partial charge in [-0.05, 0) is 37.6 Å². The first kappa shape index (κ1) is 17.3. The maximum atomic E-state index is 12.3. The first-order chi connectivity index (χ1) is 12.0. The molecule has 3 aromatic rings. The summed E-state index contributed by atoms with van der Waals surface area (Å²) in [6, 6.07) is 10.7. The number of halogens is 1. The standard InChI is InChI=1S/C19H19ClN2O3/c1-4-11(2)25-17-14(20)9-12(10-16(17)24-3)18-21-15-8-6-5-7-13(15)19(23)22-18/h5-11H,4H2,1-3H3,(H,21,22,23). The Bertz CT molecular complexity index is 969. The number of para-hydroxylation sites is 1. The fourth-order valence-electron chi connectivity index (χ4n) is 2.48. The number of ether oxygens (including phenoxy) is 2. The van der Waals surface area contributed by atoms with Gasteiger partial charge < -0.3 is 14.5 Å². The fourth-order valence-corrected chi connectivity index (χ4v) is 2.73. The number of aromatic amines is 1. The summed E-state index contributed by atoms with van der Waals surface area (Å²) in [5.41, 5.74) is 1.08. The van der Waals surface area contributed by atoms with Gasteiger partial charge in [0.15, 0.2) is 11.5 Å². The molecular weight excluding hydrogens is 340 g/mol. The minimum atomic E-state index is -0.198. The molecule has 0 aliphatic rings. The summed E-state index contributed by atoms with van der Waals surface area (Å²) >= 11 is 6.40. The molecule has 2 aromatic carbocycles. The van der Waals surface area contributed by atoms with Crippen LogP contribution in [0, 0.1) is 0 Å². The lowest BCUT2D eigenvalue weighted by Crippen LogP contribution is -2.11. The van der Waals surface area contributed by atoms with E-state index in [-0.39, 0.29) is 11.7 Å². The van der Waals surface area contributed by atoms with E-state index < -0.39 is 0 Å². The van der Waals surface area contributed by atoms with Crippen LogP contribution in [0.3, 0.4) is 0 Å². The first-order valence-corrected chi connectivity index (χ1v) is 8.45. The second-order valence-electron chi connectivity index (χ2n) is 5.76. The number of benzene rings is 2. The zero-order chi connectivity index (χ0) is 18.0. The summed E-state index contributed by atoms with van der Waals surface area (Å²) in [4.78, 5) is 19.6. The lowest BCUT2D eigenvalue weighted by atomic mass is 10.1. The highest BCUT2D eigenvalue weighted by atomic mass is 35.5. The number of aromatic nitrogens is 2. The molecule has 1 atom stereocenters. The molecule has 5 nitrogen and oxygen atoms in total. The average Bonchev–Trinajstić information content (AvgIpc) is 2.62. The van der Waals surface area contributed by atoms with Gasteiger partial charge in [0.1, 0.15) is 5.82 Å². The second kappa shape index (κ2) is 7.15. The number of rotatable bonds is 5. The Morgan fingerprint density at radius 1 is 1.28 bits per heavy atom. The van der Waals surface area contributed by atoms with Gasteiger partial charge >= 0.3 is 0 Å². The number of nitrogens with one attached hydrogen (secondary N) is 1. The molecule has 0 saturated carbocycles. The Morgan fingerprint density at radius 3 is 2.76 bits per heavy atom. The molecule has 6 heteroatoms. The maximum absolute atomic E-state index is 12.3. The smallest absolute Gasteiger partial charge is 0.259 e. The molecule has 3 rings (SSSR count). The largest absolute Gasteiger partial charge is 0.493 e. The van der Waals surface area contributed by atoms with E-state index in [0.29, 0.717) is 38.8 Å². The van der Waals surface area contributed by atoms with E-state index >= 15 is 0 Å². The summed E-state index contributed by atoms with van der Waals surface area (Å²) in [5, 5.41) is 0.950. The van der Waals surface area contributed by atoms with Crippen LogP contribution in [-0.2, 0) is 0 Å². The Hall–Kier alpha value is -2.53. The van der Waals surface area contributed by atoms with Gasteiger partial charge in [-0.25, -0.2) is 4.98 Å². The number of hydrogen-bond donors (Lipinski definition) is 1. The van der Waals surface area contributed by atoms with Crippen molar-refractivity contribution in [3.8, 4) is 22.9 Å². The molecule has 0 spiro atoms. The van der Waals surface area contributed by atoms with Gasteiger partial charge in [0.2, 0.25) is 0 Å². The summed E-state index contributed by atoms with van der Waals surface area (Å²) < 4.78 is 11.3. The van der Waals surface area contributed by atoms with Crippen LogP contribution in [0.5, 0.6) is 11.5 Å². The third kappa shape index (κ3) is 3.46. The molecule has 130 valence electrons. The third-order valence-electron chi connectivity index (χ3n) is 4.01. The lowest BCUT2D eigenvalue weighted by Gasteiger charge is -2.17. The summed E-state index contributed by atoms with van der Waals surface area (Å²) in [7, 11) is 1.55. The summed E-state index contributed by atoms with van der Waals surface area (Å²) in [6.45, 7) is 4.00. The van der Waals surface area contributed by atoms with Crippen molar-refractivity contribution in [3.63, 3.8) is 0 Å². The van der Waals surface area contributed by atoms with Gasteiger partial charge in [-0.15, -0.1) is 0 Å². The summed E-state index contributed by atoms with van der Waals surface area (Å²) in [6.07, 6.45) is 0.858. The maximum Gasteiger partial charge on any atom is 0.259 e. The van der Waals surface area contributed by atoms with Crippen molar-refractivity contribution in [2.75, 3.05) is 7.11 Å². The normalized spacial score (nSPS) is 12.2. The Kier molecular flexibility index (Phi) is 4.95. The van der Waals surface area contributed by atoms with Crippen molar-refractivity contribution in [2.45, 2.75) is 26.4 Å². The van der Waals surface area contributed by atoms with Gasteiger partial charge in [0.25, 0.3) is 5.56 Å². The molecule has 1 aromatic heterocycles.